The van der Waals surface area contributed by atoms with E-state index >= 15 is 0 Å². The van der Waals surface area contributed by atoms with Crippen molar-refractivity contribution in [2.24, 2.45) is 0 Å². The molecular weight excluding hydrogens is 220 g/mol. The highest BCUT2D eigenvalue weighted by molar-refractivity contribution is 5.36. The van der Waals surface area contributed by atoms with Crippen LogP contribution >= 0.6 is 0 Å². The molecule has 1 rings (SSSR count). The minimum Gasteiger partial charge on any atom is -0.393 e. The number of hydrogen-bond acceptors (Lipinski definition) is 3. The monoisotopic (exact) mass is 231 g/mol. The molecule has 0 aliphatic heterocycles. The Morgan fingerprint density at radius 1 is 1.44 bits per heavy atom. The molecule has 0 aliphatic carbocycles. The van der Waals surface area contributed by atoms with Gasteiger partial charge in [0, 0.05) is 0 Å². The SMILES string of the molecule is CC(O)CCc1cc(F)c([N+](=O)[O-])cc1F. The average molecular weight is 231 g/mol. The molecule has 4 nitrogen and oxygen atoms in total. The lowest BCUT2D eigenvalue weighted by atomic mass is 10.1. The summed E-state index contributed by atoms with van der Waals surface area (Å²) in [7, 11) is 0. The van der Waals surface area contributed by atoms with Crippen molar-refractivity contribution in [1.82, 2.24) is 0 Å². The van der Waals surface area contributed by atoms with Crippen LogP contribution in [0.15, 0.2) is 12.1 Å². The number of nitro benzene ring substituents is 1. The molecule has 0 aromatic heterocycles. The molecule has 1 atom stereocenters. The molecule has 1 unspecified atom stereocenters. The zero-order chi connectivity index (χ0) is 12.3. The first-order chi connectivity index (χ1) is 7.41. The van der Waals surface area contributed by atoms with Gasteiger partial charge in [-0.15, -0.1) is 0 Å². The number of aliphatic hydroxyl groups is 1. The van der Waals surface area contributed by atoms with Crippen molar-refractivity contribution in [2.75, 3.05) is 0 Å². The summed E-state index contributed by atoms with van der Waals surface area (Å²) < 4.78 is 26.4. The molecule has 1 aromatic rings. The topological polar surface area (TPSA) is 63.4 Å². The van der Waals surface area contributed by atoms with E-state index in [2.05, 4.69) is 0 Å². The molecule has 0 fully saturated rings. The predicted octanol–water partition coefficient (Wildman–Crippen LogP) is 2.19. The van der Waals surface area contributed by atoms with Crippen molar-refractivity contribution in [3.63, 3.8) is 0 Å². The van der Waals surface area contributed by atoms with E-state index in [4.69, 9.17) is 5.11 Å². The van der Waals surface area contributed by atoms with Crippen molar-refractivity contribution in [2.45, 2.75) is 25.9 Å². The third-order valence-corrected chi connectivity index (χ3v) is 2.14. The first-order valence-corrected chi connectivity index (χ1v) is 4.72. The van der Waals surface area contributed by atoms with E-state index in [1.165, 1.54) is 6.92 Å². The number of rotatable bonds is 4. The summed E-state index contributed by atoms with van der Waals surface area (Å²) in [4.78, 5) is 9.33. The Hall–Kier alpha value is -1.56. The van der Waals surface area contributed by atoms with Gasteiger partial charge >= 0.3 is 5.69 Å². The summed E-state index contributed by atoms with van der Waals surface area (Å²) in [6.07, 6.45) is -0.218. The maximum atomic E-state index is 13.3. The number of nitro groups is 1. The molecule has 0 aliphatic rings. The molecule has 1 N–H and O–H groups in total. The van der Waals surface area contributed by atoms with E-state index in [0.717, 1.165) is 6.07 Å². The standard InChI is InChI=1S/C10H11F2NO3/c1-6(14)2-3-7-4-9(12)10(13(15)16)5-8(7)11/h4-6,14H,2-3H2,1H3. The van der Waals surface area contributed by atoms with E-state index in [0.29, 0.717) is 6.07 Å². The molecule has 88 valence electrons. The highest BCUT2D eigenvalue weighted by Crippen LogP contribution is 2.22. The van der Waals surface area contributed by atoms with Crippen molar-refractivity contribution in [3.05, 3.63) is 39.4 Å². The lowest BCUT2D eigenvalue weighted by Crippen LogP contribution is -2.04. The molecule has 0 saturated heterocycles. The Balaban J connectivity index is 2.96. The number of nitrogens with zero attached hydrogens (tertiary/aromatic N) is 1. The van der Waals surface area contributed by atoms with Gasteiger partial charge in [-0.2, -0.15) is 4.39 Å². The molecule has 0 radical (unpaired) electrons. The summed E-state index contributed by atoms with van der Waals surface area (Å²) in [5.74, 6) is -1.89. The lowest BCUT2D eigenvalue weighted by molar-refractivity contribution is -0.387. The molecule has 0 heterocycles. The maximum Gasteiger partial charge on any atom is 0.307 e. The summed E-state index contributed by atoms with van der Waals surface area (Å²) in [5.41, 5.74) is -0.845. The quantitative estimate of drug-likeness (QED) is 0.638. The number of aryl methyl sites for hydroxylation is 1. The molecule has 1 aromatic carbocycles. The average Bonchev–Trinajstić information content (AvgIpc) is 2.18. The Morgan fingerprint density at radius 2 is 2.06 bits per heavy atom. The van der Waals surface area contributed by atoms with Gasteiger partial charge in [-0.05, 0) is 31.4 Å². The van der Waals surface area contributed by atoms with Crippen LogP contribution in [0.25, 0.3) is 0 Å². The smallest absolute Gasteiger partial charge is 0.307 e. The van der Waals surface area contributed by atoms with Crippen LogP contribution in [0.3, 0.4) is 0 Å². The van der Waals surface area contributed by atoms with Crippen LogP contribution in [0.5, 0.6) is 0 Å². The van der Waals surface area contributed by atoms with E-state index < -0.39 is 28.3 Å². The van der Waals surface area contributed by atoms with Gasteiger partial charge in [0.2, 0.25) is 5.82 Å². The second-order valence-corrected chi connectivity index (χ2v) is 3.54. The summed E-state index contributed by atoms with van der Waals surface area (Å²) >= 11 is 0. The van der Waals surface area contributed by atoms with Gasteiger partial charge in [-0.1, -0.05) is 0 Å². The maximum absolute atomic E-state index is 13.3. The Kier molecular flexibility index (Phi) is 3.89. The first kappa shape index (κ1) is 12.5. The van der Waals surface area contributed by atoms with Crippen LogP contribution in [-0.4, -0.2) is 16.1 Å². The third-order valence-electron chi connectivity index (χ3n) is 2.14. The van der Waals surface area contributed by atoms with Crippen molar-refractivity contribution < 1.29 is 18.8 Å². The first-order valence-electron chi connectivity index (χ1n) is 4.72. The van der Waals surface area contributed by atoms with Gasteiger partial charge in [0.15, 0.2) is 0 Å². The zero-order valence-electron chi connectivity index (χ0n) is 8.61. The number of aliphatic hydroxyl groups excluding tert-OH is 1. The largest absolute Gasteiger partial charge is 0.393 e. The second kappa shape index (κ2) is 4.98. The highest BCUT2D eigenvalue weighted by Gasteiger charge is 2.18. The van der Waals surface area contributed by atoms with Crippen LogP contribution in [0, 0.1) is 21.7 Å². The Bertz CT molecular complexity index is 407. The Labute approximate surface area is 90.7 Å². The Morgan fingerprint density at radius 3 is 2.56 bits per heavy atom. The highest BCUT2D eigenvalue weighted by atomic mass is 19.1. The van der Waals surface area contributed by atoms with Crippen LogP contribution in [0.4, 0.5) is 14.5 Å². The van der Waals surface area contributed by atoms with Crippen LogP contribution < -0.4 is 0 Å². The van der Waals surface area contributed by atoms with Crippen LogP contribution in [0.1, 0.15) is 18.9 Å². The van der Waals surface area contributed by atoms with Crippen LogP contribution in [-0.2, 0) is 6.42 Å². The van der Waals surface area contributed by atoms with Gasteiger partial charge in [-0.3, -0.25) is 10.1 Å². The minimum absolute atomic E-state index is 0.0315. The molecule has 0 saturated carbocycles. The number of hydrogen-bond donors (Lipinski definition) is 1. The van der Waals surface area contributed by atoms with Gasteiger partial charge < -0.3 is 5.11 Å². The third kappa shape index (κ3) is 2.96. The minimum atomic E-state index is -1.06. The molecule has 0 spiro atoms. The van der Waals surface area contributed by atoms with Gasteiger partial charge in [-0.25, -0.2) is 4.39 Å². The number of halogens is 2. The normalized spacial score (nSPS) is 12.5. The molecule has 0 bridgehead atoms. The van der Waals surface area contributed by atoms with Crippen molar-refractivity contribution in [1.29, 1.82) is 0 Å². The van der Waals surface area contributed by atoms with Gasteiger partial charge in [0.25, 0.3) is 0 Å². The van der Waals surface area contributed by atoms with Crippen molar-refractivity contribution in [3.8, 4) is 0 Å². The van der Waals surface area contributed by atoms with Gasteiger partial charge in [0.1, 0.15) is 5.82 Å². The van der Waals surface area contributed by atoms with E-state index in [1.807, 2.05) is 0 Å². The van der Waals surface area contributed by atoms with E-state index in [9.17, 15) is 18.9 Å². The fraction of sp³-hybridized carbons (Fsp3) is 0.400. The summed E-state index contributed by atoms with van der Waals surface area (Å²) in [6, 6.07) is 1.36. The molecular formula is C10H11F2NO3. The fourth-order valence-electron chi connectivity index (χ4n) is 1.27. The zero-order valence-corrected chi connectivity index (χ0v) is 8.61. The second-order valence-electron chi connectivity index (χ2n) is 3.54. The van der Waals surface area contributed by atoms with Gasteiger partial charge in [0.05, 0.1) is 17.1 Å². The molecule has 0 amide bonds. The van der Waals surface area contributed by atoms with E-state index in [1.54, 1.807) is 0 Å². The van der Waals surface area contributed by atoms with E-state index in [-0.39, 0.29) is 18.4 Å². The summed E-state index contributed by atoms with van der Waals surface area (Å²) in [6.45, 7) is 1.53. The number of benzene rings is 1. The predicted molar refractivity (Wildman–Crippen MR) is 53.0 cm³/mol. The fourth-order valence-corrected chi connectivity index (χ4v) is 1.27. The lowest BCUT2D eigenvalue weighted by Gasteiger charge is -2.05. The van der Waals surface area contributed by atoms with Crippen LogP contribution in [0.2, 0.25) is 0 Å². The van der Waals surface area contributed by atoms with Crippen molar-refractivity contribution >= 4 is 5.69 Å². The molecule has 16 heavy (non-hydrogen) atoms. The summed E-state index contributed by atoms with van der Waals surface area (Å²) in [5, 5.41) is 19.3. The molecule has 6 heteroatoms.